The maximum absolute atomic E-state index is 12.6. The second-order valence-corrected chi connectivity index (χ2v) is 5.89. The lowest BCUT2D eigenvalue weighted by Gasteiger charge is -2.35. The number of aryl methyl sites for hydroxylation is 1. The van der Waals surface area contributed by atoms with E-state index in [-0.39, 0.29) is 5.91 Å². The molecule has 0 spiro atoms. The van der Waals surface area contributed by atoms with E-state index in [1.807, 2.05) is 36.1 Å². The lowest BCUT2D eigenvalue weighted by molar-refractivity contribution is -0.138. The second-order valence-electron chi connectivity index (χ2n) is 5.89. The van der Waals surface area contributed by atoms with E-state index in [0.29, 0.717) is 19.0 Å². The van der Waals surface area contributed by atoms with Gasteiger partial charge in [0.05, 0.1) is 0 Å². The first-order valence-electron chi connectivity index (χ1n) is 8.18. The quantitative estimate of drug-likeness (QED) is 0.859. The van der Waals surface area contributed by atoms with E-state index in [2.05, 4.69) is 14.9 Å². The van der Waals surface area contributed by atoms with Crippen molar-refractivity contribution in [3.05, 3.63) is 48.3 Å². The summed E-state index contributed by atoms with van der Waals surface area (Å²) in [4.78, 5) is 25.1. The Labute approximate surface area is 142 Å². The molecule has 24 heavy (non-hydrogen) atoms. The number of carbonyl (C=O) groups excluding carboxylic acids is 1. The Morgan fingerprint density at radius 2 is 1.75 bits per heavy atom. The van der Waals surface area contributed by atoms with Crippen LogP contribution in [0.2, 0.25) is 0 Å². The third kappa shape index (κ3) is 3.64. The molecule has 0 bridgehead atoms. The Morgan fingerprint density at radius 3 is 2.42 bits per heavy atom. The van der Waals surface area contributed by atoms with Crippen LogP contribution < -0.4 is 9.64 Å². The fourth-order valence-electron chi connectivity index (χ4n) is 2.77. The van der Waals surface area contributed by atoms with Crippen molar-refractivity contribution >= 4 is 11.9 Å². The average Bonchev–Trinajstić information content (AvgIpc) is 2.64. The monoisotopic (exact) mass is 326 g/mol. The molecule has 1 atom stereocenters. The van der Waals surface area contributed by atoms with E-state index in [0.717, 1.165) is 24.4 Å². The molecule has 1 unspecified atom stereocenters. The first kappa shape index (κ1) is 16.2. The van der Waals surface area contributed by atoms with Crippen LogP contribution >= 0.6 is 0 Å². The van der Waals surface area contributed by atoms with Crippen LogP contribution in [-0.2, 0) is 4.79 Å². The fourth-order valence-corrected chi connectivity index (χ4v) is 2.77. The summed E-state index contributed by atoms with van der Waals surface area (Å²) in [6.07, 6.45) is 2.97. The van der Waals surface area contributed by atoms with Crippen molar-refractivity contribution < 1.29 is 9.53 Å². The van der Waals surface area contributed by atoms with Gasteiger partial charge in [0.1, 0.15) is 5.75 Å². The molecule has 1 fully saturated rings. The lowest BCUT2D eigenvalue weighted by atomic mass is 10.2. The summed E-state index contributed by atoms with van der Waals surface area (Å²) in [7, 11) is 0. The summed E-state index contributed by atoms with van der Waals surface area (Å²) in [5.41, 5.74) is 1.03. The highest BCUT2D eigenvalue weighted by molar-refractivity contribution is 5.81. The van der Waals surface area contributed by atoms with Crippen LogP contribution in [0.1, 0.15) is 12.5 Å². The molecule has 6 nitrogen and oxygen atoms in total. The van der Waals surface area contributed by atoms with Gasteiger partial charge < -0.3 is 14.5 Å². The Balaban J connectivity index is 1.56. The molecule has 1 aliphatic heterocycles. The lowest BCUT2D eigenvalue weighted by Crippen LogP contribution is -2.52. The van der Waals surface area contributed by atoms with Crippen molar-refractivity contribution in [2.24, 2.45) is 0 Å². The number of hydrogen-bond acceptors (Lipinski definition) is 5. The maximum Gasteiger partial charge on any atom is 0.263 e. The molecule has 126 valence electrons. The number of rotatable bonds is 4. The molecule has 0 radical (unpaired) electrons. The van der Waals surface area contributed by atoms with Gasteiger partial charge in [-0.05, 0) is 31.5 Å². The summed E-state index contributed by atoms with van der Waals surface area (Å²) in [6, 6.07) is 9.54. The highest BCUT2D eigenvalue weighted by Gasteiger charge is 2.27. The predicted octanol–water partition coefficient (Wildman–Crippen LogP) is 1.90. The Hall–Kier alpha value is -2.63. The maximum atomic E-state index is 12.6. The van der Waals surface area contributed by atoms with E-state index >= 15 is 0 Å². The SMILES string of the molecule is Cc1ccccc1OC(C)C(=O)N1CCN(c2ncccn2)CC1. The molecule has 0 saturated carbocycles. The van der Waals surface area contributed by atoms with Crippen LogP contribution in [0.5, 0.6) is 5.75 Å². The summed E-state index contributed by atoms with van der Waals surface area (Å²) >= 11 is 0. The van der Waals surface area contributed by atoms with Gasteiger partial charge in [-0.2, -0.15) is 0 Å². The number of para-hydroxylation sites is 1. The van der Waals surface area contributed by atoms with Crippen LogP contribution in [0.4, 0.5) is 5.95 Å². The van der Waals surface area contributed by atoms with Crippen molar-refractivity contribution in [1.29, 1.82) is 0 Å². The minimum absolute atomic E-state index is 0.0203. The van der Waals surface area contributed by atoms with Gasteiger partial charge in [-0.25, -0.2) is 9.97 Å². The minimum Gasteiger partial charge on any atom is -0.481 e. The Morgan fingerprint density at radius 1 is 1.08 bits per heavy atom. The molecule has 0 N–H and O–H groups in total. The van der Waals surface area contributed by atoms with Crippen molar-refractivity contribution in [1.82, 2.24) is 14.9 Å². The van der Waals surface area contributed by atoms with Crippen LogP contribution in [-0.4, -0.2) is 53.1 Å². The van der Waals surface area contributed by atoms with Crippen LogP contribution in [0.25, 0.3) is 0 Å². The van der Waals surface area contributed by atoms with Gasteiger partial charge in [-0.3, -0.25) is 4.79 Å². The normalized spacial score (nSPS) is 15.9. The van der Waals surface area contributed by atoms with E-state index in [1.165, 1.54) is 0 Å². The average molecular weight is 326 g/mol. The largest absolute Gasteiger partial charge is 0.481 e. The zero-order valence-corrected chi connectivity index (χ0v) is 14.1. The van der Waals surface area contributed by atoms with Crippen LogP contribution in [0.3, 0.4) is 0 Å². The number of carbonyl (C=O) groups is 1. The van der Waals surface area contributed by atoms with Crippen LogP contribution in [0, 0.1) is 6.92 Å². The molecule has 3 rings (SSSR count). The summed E-state index contributed by atoms with van der Waals surface area (Å²) in [5, 5.41) is 0. The molecule has 0 aliphatic carbocycles. The van der Waals surface area contributed by atoms with E-state index in [1.54, 1.807) is 25.4 Å². The highest BCUT2D eigenvalue weighted by Crippen LogP contribution is 2.19. The molecule has 1 amide bonds. The van der Waals surface area contributed by atoms with Crippen molar-refractivity contribution in [3.63, 3.8) is 0 Å². The Kier molecular flexibility index (Phi) is 4.93. The van der Waals surface area contributed by atoms with Gasteiger partial charge in [0.25, 0.3) is 5.91 Å². The second kappa shape index (κ2) is 7.29. The van der Waals surface area contributed by atoms with E-state index < -0.39 is 6.10 Å². The van der Waals surface area contributed by atoms with Crippen LogP contribution in [0.15, 0.2) is 42.7 Å². The highest BCUT2D eigenvalue weighted by atomic mass is 16.5. The van der Waals surface area contributed by atoms with Gasteiger partial charge >= 0.3 is 0 Å². The number of ether oxygens (including phenoxy) is 1. The van der Waals surface area contributed by atoms with Gasteiger partial charge in [0.15, 0.2) is 6.10 Å². The number of anilines is 1. The molecular weight excluding hydrogens is 304 g/mol. The third-order valence-corrected chi connectivity index (χ3v) is 4.17. The first-order chi connectivity index (χ1) is 11.6. The topological polar surface area (TPSA) is 58.6 Å². The van der Waals surface area contributed by atoms with Crippen molar-refractivity contribution in [2.45, 2.75) is 20.0 Å². The molecule has 1 aliphatic rings. The van der Waals surface area contributed by atoms with Gasteiger partial charge in [0.2, 0.25) is 5.95 Å². The first-order valence-corrected chi connectivity index (χ1v) is 8.18. The third-order valence-electron chi connectivity index (χ3n) is 4.17. The molecule has 6 heteroatoms. The number of amides is 1. The summed E-state index contributed by atoms with van der Waals surface area (Å²) < 4.78 is 5.84. The molecule has 1 aromatic heterocycles. The van der Waals surface area contributed by atoms with Crippen molar-refractivity contribution in [3.8, 4) is 5.75 Å². The van der Waals surface area contributed by atoms with E-state index in [9.17, 15) is 4.79 Å². The minimum atomic E-state index is -0.495. The Bertz CT molecular complexity index is 684. The van der Waals surface area contributed by atoms with E-state index in [4.69, 9.17) is 4.74 Å². The number of piperazine rings is 1. The van der Waals surface area contributed by atoms with Gasteiger partial charge in [-0.1, -0.05) is 18.2 Å². The molecular formula is C18H22N4O2. The van der Waals surface area contributed by atoms with Gasteiger partial charge in [-0.15, -0.1) is 0 Å². The fraction of sp³-hybridized carbons (Fsp3) is 0.389. The molecule has 1 saturated heterocycles. The molecule has 1 aromatic carbocycles. The number of nitrogens with zero attached hydrogens (tertiary/aromatic N) is 4. The number of hydrogen-bond donors (Lipinski definition) is 0. The zero-order chi connectivity index (χ0) is 16.9. The van der Waals surface area contributed by atoms with Gasteiger partial charge in [0, 0.05) is 38.6 Å². The predicted molar refractivity (Wildman–Crippen MR) is 92.1 cm³/mol. The number of aromatic nitrogens is 2. The standard InChI is InChI=1S/C18H22N4O2/c1-14-6-3-4-7-16(14)24-15(2)17(23)21-10-12-22(13-11-21)18-19-8-5-9-20-18/h3-9,15H,10-13H2,1-2H3. The summed E-state index contributed by atoms with van der Waals surface area (Å²) in [5.74, 6) is 1.50. The molecule has 2 heterocycles. The smallest absolute Gasteiger partial charge is 0.263 e. The van der Waals surface area contributed by atoms with Crippen molar-refractivity contribution in [2.75, 3.05) is 31.1 Å². The summed E-state index contributed by atoms with van der Waals surface area (Å²) in [6.45, 7) is 6.55. The molecule has 2 aromatic rings. The zero-order valence-electron chi connectivity index (χ0n) is 14.1. The number of benzene rings is 1.